The molecule has 0 bridgehead atoms. The normalized spacial score (nSPS) is 22.0. The van der Waals surface area contributed by atoms with Gasteiger partial charge in [-0.15, -0.1) is 0 Å². The Morgan fingerprint density at radius 1 is 1.48 bits per heavy atom. The van der Waals surface area contributed by atoms with Crippen LogP contribution in [0.15, 0.2) is 0 Å². The van der Waals surface area contributed by atoms with Crippen molar-refractivity contribution in [2.45, 2.75) is 51.5 Å². The Morgan fingerprint density at radius 3 is 2.86 bits per heavy atom. The second-order valence-corrected chi connectivity index (χ2v) is 6.44. The standard InChI is InChI=1S/C16H32N2O3/c1-4-21-15(19)16(2,17)9-5-6-10-18(3)12-14-8-7-11-20-13-14/h14H,4-13,17H2,1-3H3. The summed E-state index contributed by atoms with van der Waals surface area (Å²) in [6.07, 6.45) is 5.12. The van der Waals surface area contributed by atoms with Crippen LogP contribution in [0.1, 0.15) is 46.0 Å². The molecule has 1 rings (SSSR count). The first kappa shape index (κ1) is 18.4. The lowest BCUT2D eigenvalue weighted by Gasteiger charge is -2.27. The van der Waals surface area contributed by atoms with E-state index in [1.165, 1.54) is 12.8 Å². The van der Waals surface area contributed by atoms with Gasteiger partial charge in [-0.2, -0.15) is 0 Å². The first-order chi connectivity index (χ1) is 9.95. The van der Waals surface area contributed by atoms with Crippen molar-refractivity contribution in [3.63, 3.8) is 0 Å². The summed E-state index contributed by atoms with van der Waals surface area (Å²) in [4.78, 5) is 14.0. The van der Waals surface area contributed by atoms with Crippen molar-refractivity contribution in [3.8, 4) is 0 Å². The predicted octanol–water partition coefficient (Wildman–Crippen LogP) is 1.80. The molecule has 1 saturated heterocycles. The number of carbonyl (C=O) groups is 1. The first-order valence-corrected chi connectivity index (χ1v) is 8.18. The maximum absolute atomic E-state index is 11.7. The van der Waals surface area contributed by atoms with Crippen LogP contribution in [0.5, 0.6) is 0 Å². The van der Waals surface area contributed by atoms with Gasteiger partial charge in [0.25, 0.3) is 0 Å². The van der Waals surface area contributed by atoms with Gasteiger partial charge in [0.1, 0.15) is 5.54 Å². The molecule has 1 aliphatic rings. The highest BCUT2D eigenvalue weighted by molar-refractivity contribution is 5.79. The molecule has 2 unspecified atom stereocenters. The number of nitrogens with zero attached hydrogens (tertiary/aromatic N) is 1. The third kappa shape index (κ3) is 7.25. The molecule has 2 N–H and O–H groups in total. The third-order valence-electron chi connectivity index (χ3n) is 4.05. The minimum atomic E-state index is -0.855. The molecule has 0 aliphatic carbocycles. The first-order valence-electron chi connectivity index (χ1n) is 8.18. The lowest BCUT2D eigenvalue weighted by Crippen LogP contribution is -2.46. The second-order valence-electron chi connectivity index (χ2n) is 6.44. The van der Waals surface area contributed by atoms with Gasteiger partial charge in [0, 0.05) is 13.2 Å². The summed E-state index contributed by atoms with van der Waals surface area (Å²) >= 11 is 0. The number of ether oxygens (including phenoxy) is 2. The van der Waals surface area contributed by atoms with E-state index in [4.69, 9.17) is 15.2 Å². The monoisotopic (exact) mass is 300 g/mol. The number of rotatable bonds is 9. The van der Waals surface area contributed by atoms with E-state index in [0.717, 1.165) is 39.1 Å². The van der Waals surface area contributed by atoms with Crippen LogP contribution in [0.3, 0.4) is 0 Å². The average molecular weight is 300 g/mol. The number of carbonyl (C=O) groups excluding carboxylic acids is 1. The van der Waals surface area contributed by atoms with Gasteiger partial charge in [-0.25, -0.2) is 0 Å². The maximum Gasteiger partial charge on any atom is 0.325 e. The fraction of sp³-hybridized carbons (Fsp3) is 0.938. The molecule has 21 heavy (non-hydrogen) atoms. The number of nitrogens with two attached hydrogens (primary N) is 1. The molecule has 0 saturated carbocycles. The van der Waals surface area contributed by atoms with Crippen LogP contribution in [-0.4, -0.2) is 56.4 Å². The number of esters is 1. The fourth-order valence-corrected chi connectivity index (χ4v) is 2.76. The quantitative estimate of drug-likeness (QED) is 0.519. The van der Waals surface area contributed by atoms with E-state index in [2.05, 4.69) is 11.9 Å². The average Bonchev–Trinajstić information content (AvgIpc) is 2.45. The van der Waals surface area contributed by atoms with Crippen molar-refractivity contribution in [2.75, 3.05) is 40.0 Å². The van der Waals surface area contributed by atoms with Gasteiger partial charge in [-0.1, -0.05) is 0 Å². The van der Waals surface area contributed by atoms with Crippen LogP contribution < -0.4 is 5.73 Å². The molecule has 1 aliphatic heterocycles. The van der Waals surface area contributed by atoms with Gasteiger partial charge in [-0.3, -0.25) is 4.79 Å². The summed E-state index contributed by atoms with van der Waals surface area (Å²) in [6, 6.07) is 0. The summed E-state index contributed by atoms with van der Waals surface area (Å²) in [5.41, 5.74) is 5.15. The van der Waals surface area contributed by atoms with E-state index in [-0.39, 0.29) is 5.97 Å². The molecule has 1 heterocycles. The van der Waals surface area contributed by atoms with Crippen molar-refractivity contribution in [3.05, 3.63) is 0 Å². The number of hydrogen-bond donors (Lipinski definition) is 1. The van der Waals surface area contributed by atoms with E-state index >= 15 is 0 Å². The summed E-state index contributed by atoms with van der Waals surface area (Å²) in [7, 11) is 2.15. The Labute approximate surface area is 129 Å². The van der Waals surface area contributed by atoms with Gasteiger partial charge in [0.15, 0.2) is 0 Å². The Bertz CT molecular complexity index is 302. The topological polar surface area (TPSA) is 64.8 Å². The van der Waals surface area contributed by atoms with Crippen molar-refractivity contribution >= 4 is 5.97 Å². The third-order valence-corrected chi connectivity index (χ3v) is 4.05. The maximum atomic E-state index is 11.7. The van der Waals surface area contributed by atoms with Gasteiger partial charge >= 0.3 is 5.97 Å². The van der Waals surface area contributed by atoms with Gasteiger partial charge < -0.3 is 20.1 Å². The van der Waals surface area contributed by atoms with Crippen LogP contribution in [0.2, 0.25) is 0 Å². The van der Waals surface area contributed by atoms with Crippen molar-refractivity contribution in [1.29, 1.82) is 0 Å². The van der Waals surface area contributed by atoms with Crippen LogP contribution in [0.25, 0.3) is 0 Å². The van der Waals surface area contributed by atoms with Crippen molar-refractivity contribution in [1.82, 2.24) is 4.90 Å². The predicted molar refractivity (Wildman–Crippen MR) is 84.1 cm³/mol. The molecule has 0 aromatic rings. The smallest absolute Gasteiger partial charge is 0.325 e. The molecule has 2 atom stereocenters. The van der Waals surface area contributed by atoms with E-state index in [1.807, 2.05) is 0 Å². The van der Waals surface area contributed by atoms with Crippen LogP contribution in [0.4, 0.5) is 0 Å². The van der Waals surface area contributed by atoms with Gasteiger partial charge in [0.2, 0.25) is 0 Å². The van der Waals surface area contributed by atoms with Gasteiger partial charge in [0.05, 0.1) is 13.2 Å². The molecular formula is C16H32N2O3. The highest BCUT2D eigenvalue weighted by Gasteiger charge is 2.29. The largest absolute Gasteiger partial charge is 0.465 e. The summed E-state index contributed by atoms with van der Waals surface area (Å²) in [5.74, 6) is 0.376. The Hall–Kier alpha value is -0.650. The molecule has 0 radical (unpaired) electrons. The summed E-state index contributed by atoms with van der Waals surface area (Å²) in [5, 5.41) is 0. The SMILES string of the molecule is CCOC(=O)C(C)(N)CCCCN(C)CC1CCCOC1. The van der Waals surface area contributed by atoms with Crippen LogP contribution >= 0.6 is 0 Å². The molecule has 0 aromatic heterocycles. The minimum absolute atomic E-state index is 0.294. The molecule has 0 spiro atoms. The molecule has 0 amide bonds. The lowest BCUT2D eigenvalue weighted by molar-refractivity contribution is -0.149. The summed E-state index contributed by atoms with van der Waals surface area (Å²) in [6.45, 7) is 7.90. The van der Waals surface area contributed by atoms with E-state index in [9.17, 15) is 4.79 Å². The second kappa shape index (κ2) is 9.38. The zero-order valence-electron chi connectivity index (χ0n) is 13.9. The van der Waals surface area contributed by atoms with Crippen LogP contribution in [-0.2, 0) is 14.3 Å². The molecule has 0 aromatic carbocycles. The lowest BCUT2D eigenvalue weighted by atomic mass is 9.96. The molecule has 1 fully saturated rings. The highest BCUT2D eigenvalue weighted by atomic mass is 16.5. The van der Waals surface area contributed by atoms with E-state index < -0.39 is 5.54 Å². The van der Waals surface area contributed by atoms with E-state index in [1.54, 1.807) is 13.8 Å². The number of unbranched alkanes of at least 4 members (excludes halogenated alkanes) is 1. The van der Waals surface area contributed by atoms with E-state index in [0.29, 0.717) is 18.9 Å². The minimum Gasteiger partial charge on any atom is -0.465 e. The zero-order chi connectivity index (χ0) is 15.7. The number of hydrogen-bond acceptors (Lipinski definition) is 5. The van der Waals surface area contributed by atoms with Crippen molar-refractivity contribution in [2.24, 2.45) is 11.7 Å². The molecule has 124 valence electrons. The van der Waals surface area contributed by atoms with Gasteiger partial charge in [-0.05, 0) is 65.5 Å². The Kier molecular flexibility index (Phi) is 8.22. The highest BCUT2D eigenvalue weighted by Crippen LogP contribution is 2.16. The molecule has 5 heteroatoms. The Balaban J connectivity index is 2.13. The molecule has 5 nitrogen and oxygen atoms in total. The summed E-state index contributed by atoms with van der Waals surface area (Å²) < 4.78 is 10.5. The van der Waals surface area contributed by atoms with Crippen LogP contribution in [0, 0.1) is 5.92 Å². The van der Waals surface area contributed by atoms with Crippen molar-refractivity contribution < 1.29 is 14.3 Å². The Morgan fingerprint density at radius 2 is 2.24 bits per heavy atom. The zero-order valence-corrected chi connectivity index (χ0v) is 13.9. The molecular weight excluding hydrogens is 268 g/mol. The fourth-order valence-electron chi connectivity index (χ4n) is 2.76.